The Balaban J connectivity index is 1.95. The van der Waals surface area contributed by atoms with Crippen LogP contribution in [0.3, 0.4) is 0 Å². The highest BCUT2D eigenvalue weighted by atomic mass is 35.5. The van der Waals surface area contributed by atoms with Gasteiger partial charge in [0.05, 0.1) is 23.0 Å². The molecule has 2 aromatic heterocycles. The van der Waals surface area contributed by atoms with Gasteiger partial charge < -0.3 is 14.8 Å². The summed E-state index contributed by atoms with van der Waals surface area (Å²) in [5.74, 6) is 0.461. The third-order valence-corrected chi connectivity index (χ3v) is 3.53. The van der Waals surface area contributed by atoms with Crippen LogP contribution in [0, 0.1) is 11.3 Å². The number of rotatable bonds is 4. The quantitative estimate of drug-likeness (QED) is 0.770. The zero-order chi connectivity index (χ0) is 15.5. The van der Waals surface area contributed by atoms with Crippen molar-refractivity contribution in [2.45, 2.75) is 6.10 Å². The van der Waals surface area contributed by atoms with Gasteiger partial charge in [0.15, 0.2) is 0 Å². The fourth-order valence-corrected chi connectivity index (χ4v) is 2.39. The van der Waals surface area contributed by atoms with E-state index in [0.29, 0.717) is 22.0 Å². The van der Waals surface area contributed by atoms with Gasteiger partial charge in [-0.2, -0.15) is 5.26 Å². The van der Waals surface area contributed by atoms with Gasteiger partial charge in [0.25, 0.3) is 0 Å². The summed E-state index contributed by atoms with van der Waals surface area (Å²) < 4.78 is 5.16. The summed E-state index contributed by atoms with van der Waals surface area (Å²) in [5, 5.41) is 23.7. The molecule has 0 aliphatic rings. The van der Waals surface area contributed by atoms with E-state index in [1.54, 1.807) is 30.3 Å². The predicted octanol–water partition coefficient (Wildman–Crippen LogP) is 3.50. The number of benzene rings is 1. The Morgan fingerprint density at radius 2 is 2.27 bits per heavy atom. The molecule has 1 aromatic carbocycles. The first-order chi connectivity index (χ1) is 10.7. The van der Waals surface area contributed by atoms with Gasteiger partial charge in [0.1, 0.15) is 17.9 Å². The molecule has 2 heterocycles. The molecule has 0 bridgehead atoms. The summed E-state index contributed by atoms with van der Waals surface area (Å²) in [5.41, 5.74) is 1.71. The fraction of sp³-hybridized carbons (Fsp3) is 0.125. The lowest BCUT2D eigenvalue weighted by Crippen LogP contribution is -2.12. The maximum atomic E-state index is 10.1. The van der Waals surface area contributed by atoms with Crippen LogP contribution in [0.5, 0.6) is 0 Å². The van der Waals surface area contributed by atoms with Gasteiger partial charge in [-0.25, -0.2) is 0 Å². The lowest BCUT2D eigenvalue weighted by Gasteiger charge is -2.14. The van der Waals surface area contributed by atoms with Crippen LogP contribution in [-0.2, 0) is 0 Å². The number of furan rings is 1. The number of anilines is 1. The van der Waals surface area contributed by atoms with E-state index >= 15 is 0 Å². The van der Waals surface area contributed by atoms with E-state index in [1.165, 1.54) is 12.5 Å². The first-order valence-electron chi connectivity index (χ1n) is 6.62. The van der Waals surface area contributed by atoms with Crippen molar-refractivity contribution in [1.29, 1.82) is 5.26 Å². The maximum Gasteiger partial charge on any atom is 0.134 e. The zero-order valence-corrected chi connectivity index (χ0v) is 12.2. The fourth-order valence-electron chi connectivity index (χ4n) is 2.22. The summed E-state index contributed by atoms with van der Waals surface area (Å²) in [6.07, 6.45) is 2.18. The first-order valence-corrected chi connectivity index (χ1v) is 7.00. The smallest absolute Gasteiger partial charge is 0.134 e. The summed E-state index contributed by atoms with van der Waals surface area (Å²) in [4.78, 5) is 4.23. The van der Waals surface area contributed by atoms with Crippen molar-refractivity contribution in [2.75, 3.05) is 11.9 Å². The van der Waals surface area contributed by atoms with Gasteiger partial charge in [-0.3, -0.25) is 4.98 Å². The molecule has 2 N–H and O–H groups in total. The Morgan fingerprint density at radius 3 is 3.00 bits per heavy atom. The van der Waals surface area contributed by atoms with E-state index in [4.69, 9.17) is 16.0 Å². The molecule has 22 heavy (non-hydrogen) atoms. The van der Waals surface area contributed by atoms with Crippen molar-refractivity contribution in [2.24, 2.45) is 0 Å². The minimum Gasteiger partial charge on any atom is -0.467 e. The van der Waals surface area contributed by atoms with Gasteiger partial charge in [0.2, 0.25) is 0 Å². The number of hydrogen-bond donors (Lipinski definition) is 2. The summed E-state index contributed by atoms with van der Waals surface area (Å²) in [6.45, 7) is 0.202. The van der Waals surface area contributed by atoms with Crippen molar-refractivity contribution in [3.05, 3.63) is 59.1 Å². The highest BCUT2D eigenvalue weighted by molar-refractivity contribution is 6.31. The van der Waals surface area contributed by atoms with Gasteiger partial charge in [0, 0.05) is 23.2 Å². The molecule has 6 heteroatoms. The summed E-state index contributed by atoms with van der Waals surface area (Å²) in [6, 6.07) is 10.8. The Kier molecular flexibility index (Phi) is 3.96. The van der Waals surface area contributed by atoms with E-state index in [-0.39, 0.29) is 6.54 Å². The number of aliphatic hydroxyl groups excluding tert-OH is 1. The Labute approximate surface area is 131 Å². The van der Waals surface area contributed by atoms with Crippen LogP contribution >= 0.6 is 11.6 Å². The Bertz CT molecular complexity index is 840. The third-order valence-electron chi connectivity index (χ3n) is 3.29. The second-order valence-electron chi connectivity index (χ2n) is 4.73. The monoisotopic (exact) mass is 313 g/mol. The number of nitrogens with one attached hydrogen (secondary N) is 1. The Hall–Kier alpha value is -2.55. The molecule has 3 rings (SSSR count). The predicted molar refractivity (Wildman–Crippen MR) is 83.6 cm³/mol. The molecule has 3 aromatic rings. The zero-order valence-electron chi connectivity index (χ0n) is 11.5. The molecule has 0 aliphatic heterocycles. The van der Waals surface area contributed by atoms with Crippen LogP contribution in [0.1, 0.15) is 17.4 Å². The molecular weight excluding hydrogens is 302 g/mol. The molecule has 0 radical (unpaired) electrons. The second-order valence-corrected chi connectivity index (χ2v) is 5.17. The molecule has 0 fully saturated rings. The van der Waals surface area contributed by atoms with Crippen molar-refractivity contribution in [3.63, 3.8) is 0 Å². The highest BCUT2D eigenvalue weighted by Crippen LogP contribution is 2.28. The number of aliphatic hydroxyl groups is 1. The number of halogens is 1. The molecule has 0 amide bonds. The van der Waals surface area contributed by atoms with Crippen LogP contribution in [0.2, 0.25) is 5.02 Å². The van der Waals surface area contributed by atoms with Crippen molar-refractivity contribution in [3.8, 4) is 6.07 Å². The molecular formula is C16H12ClN3O2. The lowest BCUT2D eigenvalue weighted by atomic mass is 10.1. The molecule has 0 unspecified atom stereocenters. The second kappa shape index (κ2) is 6.06. The molecule has 1 atom stereocenters. The average Bonchev–Trinajstić information content (AvgIpc) is 3.06. The number of pyridine rings is 1. The summed E-state index contributed by atoms with van der Waals surface area (Å²) >= 11 is 6.03. The standard InChI is InChI=1S/C16H12ClN3O2/c17-11-3-4-13-12(6-11)16(10(7-18)8-19-13)20-9-14(21)15-2-1-5-22-15/h1-6,8,14,21H,9H2,(H,19,20)/t14-/m1/s1. The van der Waals surface area contributed by atoms with Gasteiger partial charge in [-0.1, -0.05) is 11.6 Å². The van der Waals surface area contributed by atoms with E-state index in [2.05, 4.69) is 16.4 Å². The average molecular weight is 314 g/mol. The van der Waals surface area contributed by atoms with Crippen LogP contribution in [0.25, 0.3) is 10.9 Å². The molecule has 0 saturated heterocycles. The molecule has 0 spiro atoms. The largest absolute Gasteiger partial charge is 0.467 e. The lowest BCUT2D eigenvalue weighted by molar-refractivity contribution is 0.162. The van der Waals surface area contributed by atoms with Crippen LogP contribution in [0.15, 0.2) is 47.2 Å². The number of nitrogens with zero attached hydrogens (tertiary/aromatic N) is 2. The van der Waals surface area contributed by atoms with Gasteiger partial charge >= 0.3 is 0 Å². The normalized spacial score (nSPS) is 12.0. The molecule has 110 valence electrons. The van der Waals surface area contributed by atoms with Gasteiger partial charge in [-0.15, -0.1) is 0 Å². The van der Waals surface area contributed by atoms with Crippen molar-refractivity contribution < 1.29 is 9.52 Å². The number of aromatic nitrogens is 1. The topological polar surface area (TPSA) is 82.1 Å². The molecule has 0 aliphatic carbocycles. The van der Waals surface area contributed by atoms with E-state index < -0.39 is 6.10 Å². The Morgan fingerprint density at radius 1 is 1.41 bits per heavy atom. The van der Waals surface area contributed by atoms with Crippen molar-refractivity contribution in [1.82, 2.24) is 4.98 Å². The SMILES string of the molecule is N#Cc1cnc2ccc(Cl)cc2c1NC[C@@H](O)c1ccco1. The number of nitriles is 1. The van der Waals surface area contributed by atoms with Crippen LogP contribution < -0.4 is 5.32 Å². The molecule has 0 saturated carbocycles. The van der Waals surface area contributed by atoms with E-state index in [1.807, 2.05) is 0 Å². The maximum absolute atomic E-state index is 10.1. The van der Waals surface area contributed by atoms with E-state index in [0.717, 1.165) is 10.9 Å². The highest BCUT2D eigenvalue weighted by Gasteiger charge is 2.14. The van der Waals surface area contributed by atoms with Gasteiger partial charge in [-0.05, 0) is 30.3 Å². The minimum absolute atomic E-state index is 0.202. The minimum atomic E-state index is -0.816. The van der Waals surface area contributed by atoms with Crippen LogP contribution in [0.4, 0.5) is 5.69 Å². The van der Waals surface area contributed by atoms with E-state index in [9.17, 15) is 10.4 Å². The first kappa shape index (κ1) is 14.4. The van der Waals surface area contributed by atoms with Crippen LogP contribution in [-0.4, -0.2) is 16.6 Å². The third kappa shape index (κ3) is 2.75. The van der Waals surface area contributed by atoms with Crippen molar-refractivity contribution >= 4 is 28.2 Å². The number of hydrogen-bond acceptors (Lipinski definition) is 5. The summed E-state index contributed by atoms with van der Waals surface area (Å²) in [7, 11) is 0. The number of fused-ring (bicyclic) bond motifs is 1. The molecule has 5 nitrogen and oxygen atoms in total.